The third kappa shape index (κ3) is 2.63. The molecule has 0 aliphatic heterocycles. The zero-order valence-corrected chi connectivity index (χ0v) is 14.1. The minimum Gasteiger partial charge on any atom is -0.478 e. The molecule has 5 nitrogen and oxygen atoms in total. The normalized spacial score (nSPS) is 16.8. The molecule has 0 spiro atoms. The number of hydrogen-bond donors (Lipinski definition) is 2. The first-order chi connectivity index (χ1) is 11.6. The molecule has 1 aromatic carbocycles. The monoisotopic (exact) mass is 339 g/mol. The molecule has 2 aromatic heterocycles. The van der Waals surface area contributed by atoms with Gasteiger partial charge in [-0.1, -0.05) is 6.92 Å². The van der Waals surface area contributed by atoms with Gasteiger partial charge in [0, 0.05) is 10.6 Å². The van der Waals surface area contributed by atoms with Crippen molar-refractivity contribution in [3.8, 4) is 0 Å². The Morgan fingerprint density at radius 2 is 2.08 bits per heavy atom. The summed E-state index contributed by atoms with van der Waals surface area (Å²) in [6.45, 7) is 2.29. The number of rotatable bonds is 3. The number of benzene rings is 1. The molecule has 0 saturated heterocycles. The van der Waals surface area contributed by atoms with E-state index in [1.54, 1.807) is 41.9 Å². The van der Waals surface area contributed by atoms with E-state index >= 15 is 0 Å². The van der Waals surface area contributed by atoms with Gasteiger partial charge in [0.15, 0.2) is 0 Å². The molecule has 3 aromatic rings. The molecular weight excluding hydrogens is 322 g/mol. The van der Waals surface area contributed by atoms with E-state index < -0.39 is 5.97 Å². The second-order valence-corrected chi connectivity index (χ2v) is 7.35. The number of carboxylic acids is 1. The minimum atomic E-state index is -0.924. The summed E-state index contributed by atoms with van der Waals surface area (Å²) in [6, 6.07) is 6.71. The Labute approximate surface area is 143 Å². The van der Waals surface area contributed by atoms with Crippen LogP contribution < -0.4 is 5.32 Å². The van der Waals surface area contributed by atoms with Gasteiger partial charge in [-0.15, -0.1) is 11.3 Å². The first-order valence-electron chi connectivity index (χ1n) is 7.97. The van der Waals surface area contributed by atoms with Crippen LogP contribution in [-0.2, 0) is 12.8 Å². The van der Waals surface area contributed by atoms with Crippen LogP contribution in [0.1, 0.15) is 34.1 Å². The topological polar surface area (TPSA) is 75.1 Å². The molecule has 2 heterocycles. The van der Waals surface area contributed by atoms with Crippen molar-refractivity contribution >= 4 is 39.0 Å². The van der Waals surface area contributed by atoms with Crippen LogP contribution in [0.3, 0.4) is 0 Å². The predicted molar refractivity (Wildman–Crippen MR) is 95.3 cm³/mol. The fourth-order valence-electron chi connectivity index (χ4n) is 3.20. The average molecular weight is 339 g/mol. The lowest BCUT2D eigenvalue weighted by molar-refractivity contribution is 0.0697. The number of thiophene rings is 1. The molecule has 1 atom stereocenters. The van der Waals surface area contributed by atoms with Gasteiger partial charge in [-0.05, 0) is 55.0 Å². The summed E-state index contributed by atoms with van der Waals surface area (Å²) in [4.78, 5) is 22.3. The summed E-state index contributed by atoms with van der Waals surface area (Å²) in [5.74, 6) is 0.598. The molecule has 6 heteroatoms. The SMILES string of the molecule is CC1CCc2c(sc3ncnc(Nc4ccc(C(=O)O)cc4)c23)C1. The second-order valence-electron chi connectivity index (χ2n) is 6.26. The number of aromatic nitrogens is 2. The third-order valence-electron chi connectivity index (χ3n) is 4.49. The van der Waals surface area contributed by atoms with Crippen molar-refractivity contribution < 1.29 is 9.90 Å². The number of carbonyl (C=O) groups is 1. The highest BCUT2D eigenvalue weighted by Crippen LogP contribution is 2.40. The molecule has 1 aliphatic rings. The van der Waals surface area contributed by atoms with Crippen molar-refractivity contribution in [1.29, 1.82) is 0 Å². The van der Waals surface area contributed by atoms with E-state index in [0.717, 1.165) is 40.5 Å². The van der Waals surface area contributed by atoms with Crippen LogP contribution >= 0.6 is 11.3 Å². The van der Waals surface area contributed by atoms with Crippen LogP contribution in [-0.4, -0.2) is 21.0 Å². The van der Waals surface area contributed by atoms with Crippen LogP contribution in [0.5, 0.6) is 0 Å². The second kappa shape index (κ2) is 5.87. The van der Waals surface area contributed by atoms with Crippen molar-refractivity contribution in [1.82, 2.24) is 9.97 Å². The highest BCUT2D eigenvalue weighted by molar-refractivity contribution is 7.19. The molecule has 122 valence electrons. The highest BCUT2D eigenvalue weighted by Gasteiger charge is 2.23. The Bertz CT molecular complexity index is 918. The fraction of sp³-hybridized carbons (Fsp3) is 0.278. The summed E-state index contributed by atoms with van der Waals surface area (Å²) in [5.41, 5.74) is 2.47. The van der Waals surface area contributed by atoms with Gasteiger partial charge in [-0.25, -0.2) is 14.8 Å². The zero-order valence-electron chi connectivity index (χ0n) is 13.2. The lowest BCUT2D eigenvalue weighted by atomic mass is 9.89. The molecule has 0 radical (unpaired) electrons. The van der Waals surface area contributed by atoms with Gasteiger partial charge < -0.3 is 10.4 Å². The third-order valence-corrected chi connectivity index (χ3v) is 5.65. The molecule has 24 heavy (non-hydrogen) atoms. The Balaban J connectivity index is 1.73. The molecule has 0 fully saturated rings. The maximum atomic E-state index is 11.0. The number of fused-ring (bicyclic) bond motifs is 3. The van der Waals surface area contributed by atoms with E-state index in [-0.39, 0.29) is 5.56 Å². The number of nitrogens with one attached hydrogen (secondary N) is 1. The number of aromatic carboxylic acids is 1. The van der Waals surface area contributed by atoms with E-state index in [1.807, 2.05) is 0 Å². The molecule has 0 saturated carbocycles. The van der Waals surface area contributed by atoms with E-state index in [4.69, 9.17) is 5.11 Å². The lowest BCUT2D eigenvalue weighted by Gasteiger charge is -2.18. The Hall–Kier alpha value is -2.47. The predicted octanol–water partition coefficient (Wildman–Crippen LogP) is 4.26. The van der Waals surface area contributed by atoms with Crippen LogP contribution in [0, 0.1) is 5.92 Å². The summed E-state index contributed by atoms with van der Waals surface area (Å²) < 4.78 is 0. The van der Waals surface area contributed by atoms with Crippen molar-refractivity contribution in [3.63, 3.8) is 0 Å². The van der Waals surface area contributed by atoms with Gasteiger partial charge in [-0.3, -0.25) is 0 Å². The van der Waals surface area contributed by atoms with Gasteiger partial charge >= 0.3 is 5.97 Å². The van der Waals surface area contributed by atoms with Gasteiger partial charge in [0.25, 0.3) is 0 Å². The number of aryl methyl sites for hydroxylation is 1. The molecule has 1 aliphatic carbocycles. The number of carboxylic acid groups (broad SMARTS) is 1. The molecule has 4 rings (SSSR count). The molecule has 0 amide bonds. The van der Waals surface area contributed by atoms with Crippen LogP contribution in [0.2, 0.25) is 0 Å². The lowest BCUT2D eigenvalue weighted by Crippen LogP contribution is -2.09. The molecular formula is C18H17N3O2S. The van der Waals surface area contributed by atoms with Gasteiger partial charge in [0.1, 0.15) is 17.0 Å². The standard InChI is InChI=1S/C18H17N3O2S/c1-10-2-7-13-14(8-10)24-17-15(13)16(19-9-20-17)21-12-5-3-11(4-6-12)18(22)23/h3-6,9-10H,2,7-8H2,1H3,(H,22,23)(H,19,20,21). The number of nitrogens with zero attached hydrogens (tertiary/aromatic N) is 2. The van der Waals surface area contributed by atoms with Crippen LogP contribution in [0.4, 0.5) is 11.5 Å². The van der Waals surface area contributed by atoms with Crippen LogP contribution in [0.15, 0.2) is 30.6 Å². The van der Waals surface area contributed by atoms with Crippen molar-refractivity contribution in [3.05, 3.63) is 46.6 Å². The first kappa shape index (κ1) is 15.1. The van der Waals surface area contributed by atoms with E-state index in [9.17, 15) is 4.79 Å². The molecule has 2 N–H and O–H groups in total. The number of hydrogen-bond acceptors (Lipinski definition) is 5. The van der Waals surface area contributed by atoms with E-state index in [2.05, 4.69) is 22.2 Å². The quantitative estimate of drug-likeness (QED) is 0.746. The zero-order chi connectivity index (χ0) is 16.7. The van der Waals surface area contributed by atoms with Crippen molar-refractivity contribution in [2.45, 2.75) is 26.2 Å². The Morgan fingerprint density at radius 1 is 1.29 bits per heavy atom. The average Bonchev–Trinajstić information content (AvgIpc) is 2.93. The highest BCUT2D eigenvalue weighted by atomic mass is 32.1. The van der Waals surface area contributed by atoms with Gasteiger partial charge in [0.2, 0.25) is 0 Å². The Kier molecular flexibility index (Phi) is 3.69. The summed E-state index contributed by atoms with van der Waals surface area (Å²) >= 11 is 1.77. The smallest absolute Gasteiger partial charge is 0.335 e. The van der Waals surface area contributed by atoms with Crippen LogP contribution in [0.25, 0.3) is 10.2 Å². The number of anilines is 2. The Morgan fingerprint density at radius 3 is 2.83 bits per heavy atom. The van der Waals surface area contributed by atoms with Crippen molar-refractivity contribution in [2.75, 3.05) is 5.32 Å². The summed E-state index contributed by atoms with van der Waals surface area (Å²) in [7, 11) is 0. The maximum absolute atomic E-state index is 11.0. The summed E-state index contributed by atoms with van der Waals surface area (Å²) in [5, 5.41) is 13.4. The minimum absolute atomic E-state index is 0.273. The van der Waals surface area contributed by atoms with E-state index in [1.165, 1.54) is 16.9 Å². The maximum Gasteiger partial charge on any atom is 0.335 e. The first-order valence-corrected chi connectivity index (χ1v) is 8.79. The van der Waals surface area contributed by atoms with E-state index in [0.29, 0.717) is 0 Å². The van der Waals surface area contributed by atoms with Crippen molar-refractivity contribution in [2.24, 2.45) is 5.92 Å². The largest absolute Gasteiger partial charge is 0.478 e. The summed E-state index contributed by atoms with van der Waals surface area (Å²) in [6.07, 6.45) is 4.96. The molecule has 0 bridgehead atoms. The van der Waals surface area contributed by atoms with Gasteiger partial charge in [0.05, 0.1) is 10.9 Å². The van der Waals surface area contributed by atoms with Gasteiger partial charge in [-0.2, -0.15) is 0 Å². The fourth-order valence-corrected chi connectivity index (χ4v) is 4.55. The molecule has 1 unspecified atom stereocenters.